The molecule has 1 aromatic rings. The zero-order valence-corrected chi connectivity index (χ0v) is 8.90. The monoisotopic (exact) mass is 207 g/mol. The Bertz CT molecular complexity index is 350. The minimum absolute atomic E-state index is 0.272. The molecule has 1 heterocycles. The Labute approximate surface area is 89.5 Å². The maximum Gasteiger partial charge on any atom is 0.149 e. The molecule has 0 bridgehead atoms. The first-order valence-electron chi connectivity index (χ1n) is 5.32. The zero-order chi connectivity index (χ0) is 10.8. The highest BCUT2D eigenvalue weighted by atomic mass is 16.3. The van der Waals surface area contributed by atoms with Gasteiger partial charge in [-0.3, -0.25) is 0 Å². The summed E-state index contributed by atoms with van der Waals surface area (Å²) in [6, 6.07) is 3.70. The molecule has 1 saturated carbocycles. The molecular formula is C11H17N3O. The molecule has 0 amide bonds. The average Bonchev–Trinajstić information content (AvgIpc) is 3.02. The predicted molar refractivity (Wildman–Crippen MR) is 60.6 cm³/mol. The Hall–Kier alpha value is -1.29. The lowest BCUT2D eigenvalue weighted by Gasteiger charge is -2.12. The van der Waals surface area contributed by atoms with Gasteiger partial charge in [-0.2, -0.15) is 0 Å². The number of aryl methyl sites for hydroxylation is 1. The normalized spacial score (nSPS) is 17.5. The van der Waals surface area contributed by atoms with Crippen molar-refractivity contribution in [2.24, 2.45) is 5.92 Å². The lowest BCUT2D eigenvalue weighted by Crippen LogP contribution is -2.22. The number of hydrogen-bond acceptors (Lipinski definition) is 4. The zero-order valence-electron chi connectivity index (χ0n) is 8.90. The molecule has 0 aromatic carbocycles. The summed E-state index contributed by atoms with van der Waals surface area (Å²) in [4.78, 5) is 4.28. The van der Waals surface area contributed by atoms with Crippen LogP contribution < -0.4 is 11.1 Å². The van der Waals surface area contributed by atoms with E-state index in [1.54, 1.807) is 0 Å². The number of nitrogens with two attached hydrogens (primary N) is 1. The molecule has 1 aliphatic carbocycles. The topological polar surface area (TPSA) is 71.2 Å². The third-order valence-electron chi connectivity index (χ3n) is 2.71. The smallest absolute Gasteiger partial charge is 0.149 e. The van der Waals surface area contributed by atoms with E-state index in [1.807, 2.05) is 19.1 Å². The second-order valence-electron chi connectivity index (χ2n) is 4.18. The van der Waals surface area contributed by atoms with E-state index in [4.69, 9.17) is 5.73 Å². The molecule has 4 N–H and O–H groups in total. The Morgan fingerprint density at radius 3 is 3.00 bits per heavy atom. The molecule has 0 radical (unpaired) electrons. The summed E-state index contributed by atoms with van der Waals surface area (Å²) in [6.45, 7) is 2.45. The largest absolute Gasteiger partial charge is 0.396 e. The van der Waals surface area contributed by atoms with Crippen LogP contribution in [0.3, 0.4) is 0 Å². The third-order valence-corrected chi connectivity index (χ3v) is 2.71. The quantitative estimate of drug-likeness (QED) is 0.692. The SMILES string of the molecule is Cc1ccc(N)c(NCC(O)C2CC2)n1. The number of pyridine rings is 1. The van der Waals surface area contributed by atoms with Gasteiger partial charge in [-0.05, 0) is 37.8 Å². The van der Waals surface area contributed by atoms with Crippen LogP contribution in [0.5, 0.6) is 0 Å². The Morgan fingerprint density at radius 1 is 1.60 bits per heavy atom. The second kappa shape index (κ2) is 4.06. The van der Waals surface area contributed by atoms with Gasteiger partial charge in [-0.1, -0.05) is 0 Å². The standard InChI is InChI=1S/C11H17N3O/c1-7-2-5-9(12)11(14-7)13-6-10(15)8-3-4-8/h2,5,8,10,15H,3-4,6,12H2,1H3,(H,13,14). The van der Waals surface area contributed by atoms with Crippen LogP contribution in [0.1, 0.15) is 18.5 Å². The Morgan fingerprint density at radius 2 is 2.33 bits per heavy atom. The Kier molecular flexibility index (Phi) is 2.77. The maximum atomic E-state index is 9.68. The summed E-state index contributed by atoms with van der Waals surface area (Å²) in [5.41, 5.74) is 7.31. The molecule has 1 aromatic heterocycles. The summed E-state index contributed by atoms with van der Waals surface area (Å²) >= 11 is 0. The van der Waals surface area contributed by atoms with Gasteiger partial charge in [-0.25, -0.2) is 4.98 Å². The van der Waals surface area contributed by atoms with Gasteiger partial charge in [0.15, 0.2) is 0 Å². The first-order valence-corrected chi connectivity index (χ1v) is 5.32. The number of nitrogen functional groups attached to an aromatic ring is 1. The van der Waals surface area contributed by atoms with Crippen LogP contribution in [0.25, 0.3) is 0 Å². The highest BCUT2D eigenvalue weighted by Crippen LogP contribution is 2.32. The number of nitrogens with zero attached hydrogens (tertiary/aromatic N) is 1. The number of aliphatic hydroxyl groups is 1. The molecule has 4 heteroatoms. The molecule has 2 rings (SSSR count). The average molecular weight is 207 g/mol. The highest BCUT2D eigenvalue weighted by Gasteiger charge is 2.29. The van der Waals surface area contributed by atoms with Gasteiger partial charge in [0, 0.05) is 12.2 Å². The molecule has 1 atom stereocenters. The summed E-state index contributed by atoms with van der Waals surface area (Å²) in [5.74, 6) is 1.15. The van der Waals surface area contributed by atoms with Crippen molar-refractivity contribution in [2.45, 2.75) is 25.9 Å². The maximum absolute atomic E-state index is 9.68. The van der Waals surface area contributed by atoms with Crippen molar-refractivity contribution < 1.29 is 5.11 Å². The van der Waals surface area contributed by atoms with Crippen molar-refractivity contribution in [3.8, 4) is 0 Å². The lowest BCUT2D eigenvalue weighted by atomic mass is 10.2. The lowest BCUT2D eigenvalue weighted by molar-refractivity contribution is 0.164. The number of rotatable bonds is 4. The van der Waals surface area contributed by atoms with Crippen molar-refractivity contribution in [1.29, 1.82) is 0 Å². The van der Waals surface area contributed by atoms with Crippen molar-refractivity contribution in [3.63, 3.8) is 0 Å². The molecule has 0 saturated heterocycles. The molecule has 0 aliphatic heterocycles. The molecule has 1 unspecified atom stereocenters. The van der Waals surface area contributed by atoms with Gasteiger partial charge in [0.2, 0.25) is 0 Å². The number of nitrogens with one attached hydrogen (secondary N) is 1. The van der Waals surface area contributed by atoms with Gasteiger partial charge >= 0.3 is 0 Å². The van der Waals surface area contributed by atoms with Crippen molar-refractivity contribution in [2.75, 3.05) is 17.6 Å². The molecule has 15 heavy (non-hydrogen) atoms. The van der Waals surface area contributed by atoms with Crippen LogP contribution in [-0.2, 0) is 0 Å². The number of hydrogen-bond donors (Lipinski definition) is 3. The van der Waals surface area contributed by atoms with Gasteiger partial charge < -0.3 is 16.2 Å². The van der Waals surface area contributed by atoms with Gasteiger partial charge in [0.1, 0.15) is 5.82 Å². The predicted octanol–water partition coefficient (Wildman–Crippen LogP) is 1.16. The molecule has 4 nitrogen and oxygen atoms in total. The summed E-state index contributed by atoms with van der Waals surface area (Å²) in [7, 11) is 0. The van der Waals surface area contributed by atoms with Gasteiger partial charge in [0.05, 0.1) is 11.8 Å². The van der Waals surface area contributed by atoms with E-state index < -0.39 is 0 Å². The molecule has 1 fully saturated rings. The highest BCUT2D eigenvalue weighted by molar-refractivity contribution is 5.61. The minimum Gasteiger partial charge on any atom is -0.396 e. The first-order chi connectivity index (χ1) is 7.16. The van der Waals surface area contributed by atoms with E-state index in [2.05, 4.69) is 10.3 Å². The van der Waals surface area contributed by atoms with E-state index in [9.17, 15) is 5.11 Å². The van der Waals surface area contributed by atoms with Crippen LogP contribution in [0.2, 0.25) is 0 Å². The summed E-state index contributed by atoms with van der Waals surface area (Å²) in [5, 5.41) is 12.8. The van der Waals surface area contributed by atoms with E-state index in [0.29, 0.717) is 24.0 Å². The Balaban J connectivity index is 1.94. The fourth-order valence-corrected chi connectivity index (χ4v) is 1.56. The van der Waals surface area contributed by atoms with E-state index in [1.165, 1.54) is 0 Å². The van der Waals surface area contributed by atoms with E-state index in [-0.39, 0.29) is 6.10 Å². The number of aliphatic hydroxyl groups excluding tert-OH is 1. The van der Waals surface area contributed by atoms with Crippen molar-refractivity contribution in [1.82, 2.24) is 4.98 Å². The van der Waals surface area contributed by atoms with Gasteiger partial charge in [-0.15, -0.1) is 0 Å². The minimum atomic E-state index is -0.272. The number of aromatic nitrogens is 1. The fourth-order valence-electron chi connectivity index (χ4n) is 1.56. The first kappa shape index (κ1) is 10.2. The van der Waals surface area contributed by atoms with Crippen LogP contribution in [0.15, 0.2) is 12.1 Å². The summed E-state index contributed by atoms with van der Waals surface area (Å²) in [6.07, 6.45) is 2.01. The van der Waals surface area contributed by atoms with Crippen LogP contribution in [-0.4, -0.2) is 22.7 Å². The van der Waals surface area contributed by atoms with Crippen LogP contribution in [0, 0.1) is 12.8 Å². The van der Waals surface area contributed by atoms with Crippen LogP contribution in [0.4, 0.5) is 11.5 Å². The van der Waals surface area contributed by atoms with Crippen molar-refractivity contribution in [3.05, 3.63) is 17.8 Å². The second-order valence-corrected chi connectivity index (χ2v) is 4.18. The third kappa shape index (κ3) is 2.59. The van der Waals surface area contributed by atoms with Crippen LogP contribution >= 0.6 is 0 Å². The summed E-state index contributed by atoms with van der Waals surface area (Å²) < 4.78 is 0. The molecule has 82 valence electrons. The van der Waals surface area contributed by atoms with E-state index >= 15 is 0 Å². The number of anilines is 2. The molecule has 0 spiro atoms. The molecular weight excluding hydrogens is 190 g/mol. The van der Waals surface area contributed by atoms with Gasteiger partial charge in [0.25, 0.3) is 0 Å². The fraction of sp³-hybridized carbons (Fsp3) is 0.545. The molecule has 1 aliphatic rings. The van der Waals surface area contributed by atoms with E-state index in [0.717, 1.165) is 18.5 Å². The van der Waals surface area contributed by atoms with Crippen molar-refractivity contribution >= 4 is 11.5 Å².